The molecule has 0 aliphatic heterocycles. The van der Waals surface area contributed by atoms with Gasteiger partial charge < -0.3 is 0 Å². The molecule has 0 bridgehead atoms. The summed E-state index contributed by atoms with van der Waals surface area (Å²) < 4.78 is 0. The minimum Gasteiger partial charge on any atom is -0.0613 e. The van der Waals surface area contributed by atoms with Crippen molar-refractivity contribution in [1.29, 1.82) is 0 Å². The quantitative estimate of drug-likeness (QED) is 0.660. The Bertz CT molecular complexity index is 481. The fourth-order valence-corrected chi connectivity index (χ4v) is 2.68. The van der Waals surface area contributed by atoms with Gasteiger partial charge in [0.05, 0.1) is 0 Å². The summed E-state index contributed by atoms with van der Waals surface area (Å²) in [5.41, 5.74) is 8.54. The fraction of sp³-hybridized carbons (Fsp3) is 0.400. The standard InChI is InChI=1S/C20H26/c1-5-15-9-16(6-2)12-19(11-15)20-13-17(7-3)10-18(8-4)14-20/h9-14H,5-8H2,1-4H3. The van der Waals surface area contributed by atoms with Crippen LogP contribution in [0.15, 0.2) is 36.4 Å². The van der Waals surface area contributed by atoms with E-state index in [0.29, 0.717) is 0 Å². The van der Waals surface area contributed by atoms with Crippen LogP contribution in [0.5, 0.6) is 0 Å². The Kier molecular flexibility index (Phi) is 5.00. The van der Waals surface area contributed by atoms with E-state index in [2.05, 4.69) is 64.1 Å². The van der Waals surface area contributed by atoms with Crippen molar-refractivity contribution < 1.29 is 0 Å². The first kappa shape index (κ1) is 14.8. The number of hydrogen-bond acceptors (Lipinski definition) is 0. The van der Waals surface area contributed by atoms with Gasteiger partial charge in [0.25, 0.3) is 0 Å². The van der Waals surface area contributed by atoms with Crippen molar-refractivity contribution in [2.24, 2.45) is 0 Å². The minimum atomic E-state index is 1.11. The molecule has 0 fully saturated rings. The highest BCUT2D eigenvalue weighted by molar-refractivity contribution is 5.67. The fourth-order valence-electron chi connectivity index (χ4n) is 2.68. The lowest BCUT2D eigenvalue weighted by atomic mass is 9.94. The summed E-state index contributed by atoms with van der Waals surface area (Å²) in [7, 11) is 0. The van der Waals surface area contributed by atoms with E-state index in [1.54, 1.807) is 0 Å². The van der Waals surface area contributed by atoms with Gasteiger partial charge in [-0.25, -0.2) is 0 Å². The predicted octanol–water partition coefficient (Wildman–Crippen LogP) is 5.60. The van der Waals surface area contributed by atoms with Crippen LogP contribution in [-0.2, 0) is 25.7 Å². The van der Waals surface area contributed by atoms with Gasteiger partial charge in [0.1, 0.15) is 0 Å². The molecule has 0 unspecified atom stereocenters. The summed E-state index contributed by atoms with van der Waals surface area (Å²) in [6, 6.07) is 14.1. The van der Waals surface area contributed by atoms with E-state index in [9.17, 15) is 0 Å². The van der Waals surface area contributed by atoms with Crippen molar-refractivity contribution in [1.82, 2.24) is 0 Å². The molecule has 0 saturated heterocycles. The van der Waals surface area contributed by atoms with Crippen LogP contribution in [0.1, 0.15) is 49.9 Å². The van der Waals surface area contributed by atoms with E-state index in [0.717, 1.165) is 25.7 Å². The first-order valence-corrected chi connectivity index (χ1v) is 7.96. The average Bonchev–Trinajstić information content (AvgIpc) is 2.53. The predicted molar refractivity (Wildman–Crippen MR) is 89.4 cm³/mol. The van der Waals surface area contributed by atoms with E-state index in [1.165, 1.54) is 33.4 Å². The lowest BCUT2D eigenvalue weighted by molar-refractivity contribution is 1.08. The molecule has 20 heavy (non-hydrogen) atoms. The Morgan fingerprint density at radius 3 is 0.900 bits per heavy atom. The van der Waals surface area contributed by atoms with Gasteiger partial charge in [-0.05, 0) is 59.1 Å². The second-order valence-electron chi connectivity index (χ2n) is 5.49. The highest BCUT2D eigenvalue weighted by Gasteiger charge is 2.05. The third kappa shape index (κ3) is 3.30. The van der Waals surface area contributed by atoms with Gasteiger partial charge in [0.15, 0.2) is 0 Å². The highest BCUT2D eigenvalue weighted by Crippen LogP contribution is 2.26. The molecular weight excluding hydrogens is 240 g/mol. The molecule has 0 aromatic heterocycles. The second kappa shape index (κ2) is 6.74. The van der Waals surface area contributed by atoms with Gasteiger partial charge in [-0.3, -0.25) is 0 Å². The van der Waals surface area contributed by atoms with E-state index in [4.69, 9.17) is 0 Å². The third-order valence-electron chi connectivity index (χ3n) is 4.07. The summed E-state index contributed by atoms with van der Waals surface area (Å²) >= 11 is 0. The Hall–Kier alpha value is -1.56. The molecule has 0 heterocycles. The highest BCUT2D eigenvalue weighted by atomic mass is 14.1. The molecule has 2 rings (SSSR count). The number of benzene rings is 2. The van der Waals surface area contributed by atoms with Crippen LogP contribution in [0.2, 0.25) is 0 Å². The van der Waals surface area contributed by atoms with Crippen molar-refractivity contribution in [3.05, 3.63) is 58.7 Å². The van der Waals surface area contributed by atoms with Gasteiger partial charge in [0, 0.05) is 0 Å². The topological polar surface area (TPSA) is 0 Å². The lowest BCUT2D eigenvalue weighted by Crippen LogP contribution is -1.92. The molecular formula is C20H26. The van der Waals surface area contributed by atoms with Crippen molar-refractivity contribution in [2.45, 2.75) is 53.4 Å². The molecule has 0 N–H and O–H groups in total. The zero-order valence-corrected chi connectivity index (χ0v) is 13.3. The van der Waals surface area contributed by atoms with Crippen LogP contribution in [0.3, 0.4) is 0 Å². The van der Waals surface area contributed by atoms with Crippen molar-refractivity contribution >= 4 is 0 Å². The second-order valence-corrected chi connectivity index (χ2v) is 5.49. The molecule has 0 aliphatic carbocycles. The van der Waals surface area contributed by atoms with Crippen LogP contribution in [0.4, 0.5) is 0 Å². The molecule has 0 aliphatic rings. The van der Waals surface area contributed by atoms with Crippen LogP contribution in [0.25, 0.3) is 11.1 Å². The molecule has 2 aromatic carbocycles. The van der Waals surface area contributed by atoms with Crippen molar-refractivity contribution in [3.63, 3.8) is 0 Å². The first-order valence-electron chi connectivity index (χ1n) is 7.96. The summed E-state index contributed by atoms with van der Waals surface area (Å²) in [6.45, 7) is 8.94. The van der Waals surface area contributed by atoms with Crippen LogP contribution in [-0.4, -0.2) is 0 Å². The maximum atomic E-state index is 2.35. The largest absolute Gasteiger partial charge is 0.0613 e. The SMILES string of the molecule is CCc1cc(CC)cc(-c2cc(CC)cc(CC)c2)c1. The zero-order valence-electron chi connectivity index (χ0n) is 13.3. The normalized spacial score (nSPS) is 10.8. The molecule has 0 radical (unpaired) electrons. The summed E-state index contributed by atoms with van der Waals surface area (Å²) in [5.74, 6) is 0. The van der Waals surface area contributed by atoms with Crippen LogP contribution >= 0.6 is 0 Å². The molecule has 0 atom stereocenters. The number of rotatable bonds is 5. The van der Waals surface area contributed by atoms with Gasteiger partial charge in [-0.15, -0.1) is 0 Å². The summed E-state index contributed by atoms with van der Waals surface area (Å²) in [5, 5.41) is 0. The lowest BCUT2D eigenvalue weighted by Gasteiger charge is -2.11. The summed E-state index contributed by atoms with van der Waals surface area (Å²) in [4.78, 5) is 0. The van der Waals surface area contributed by atoms with E-state index in [-0.39, 0.29) is 0 Å². The Balaban J connectivity index is 2.54. The molecule has 0 amide bonds. The molecule has 0 heteroatoms. The van der Waals surface area contributed by atoms with E-state index < -0.39 is 0 Å². The number of aryl methyl sites for hydroxylation is 4. The number of hydrogen-bond donors (Lipinski definition) is 0. The third-order valence-corrected chi connectivity index (χ3v) is 4.07. The van der Waals surface area contributed by atoms with Crippen LogP contribution in [0, 0.1) is 0 Å². The average molecular weight is 266 g/mol. The van der Waals surface area contributed by atoms with Gasteiger partial charge in [-0.2, -0.15) is 0 Å². The minimum absolute atomic E-state index is 1.11. The van der Waals surface area contributed by atoms with Crippen molar-refractivity contribution in [3.8, 4) is 11.1 Å². The summed E-state index contributed by atoms with van der Waals surface area (Å²) in [6.07, 6.45) is 4.42. The molecule has 0 saturated carbocycles. The molecule has 106 valence electrons. The monoisotopic (exact) mass is 266 g/mol. The molecule has 0 spiro atoms. The van der Waals surface area contributed by atoms with E-state index in [1.807, 2.05) is 0 Å². The molecule has 0 nitrogen and oxygen atoms in total. The zero-order chi connectivity index (χ0) is 14.5. The smallest absolute Gasteiger partial charge is 0.0178 e. The Morgan fingerprint density at radius 1 is 0.450 bits per heavy atom. The first-order chi connectivity index (χ1) is 9.69. The van der Waals surface area contributed by atoms with Crippen molar-refractivity contribution in [2.75, 3.05) is 0 Å². The van der Waals surface area contributed by atoms with E-state index >= 15 is 0 Å². The maximum absolute atomic E-state index is 2.35. The van der Waals surface area contributed by atoms with Gasteiger partial charge in [-0.1, -0.05) is 64.1 Å². The van der Waals surface area contributed by atoms with Gasteiger partial charge in [0.2, 0.25) is 0 Å². The van der Waals surface area contributed by atoms with Gasteiger partial charge >= 0.3 is 0 Å². The molecule has 2 aromatic rings. The maximum Gasteiger partial charge on any atom is -0.0178 e. The Morgan fingerprint density at radius 2 is 0.700 bits per heavy atom. The van der Waals surface area contributed by atoms with Crippen LogP contribution < -0.4 is 0 Å². The Labute approximate surface area is 123 Å².